The summed E-state index contributed by atoms with van der Waals surface area (Å²) in [6, 6.07) is 10.5. The highest BCUT2D eigenvalue weighted by Gasteiger charge is 2.20. The van der Waals surface area contributed by atoms with Gasteiger partial charge in [-0.15, -0.1) is 0 Å². The van der Waals surface area contributed by atoms with Crippen molar-refractivity contribution in [1.82, 2.24) is 4.98 Å². The van der Waals surface area contributed by atoms with Crippen LogP contribution in [0.2, 0.25) is 0 Å². The van der Waals surface area contributed by atoms with Gasteiger partial charge < -0.3 is 10.1 Å². The van der Waals surface area contributed by atoms with E-state index in [-0.39, 0.29) is 6.04 Å². The quantitative estimate of drug-likeness (QED) is 0.875. The van der Waals surface area contributed by atoms with Crippen LogP contribution in [0.25, 0.3) is 0 Å². The lowest BCUT2D eigenvalue weighted by molar-refractivity contribution is 0.286. The maximum atomic E-state index is 5.80. The SMILES string of the molecule is CCc1ccc2c(c1)NC(c1cccnc1)CO2. The highest BCUT2D eigenvalue weighted by atomic mass is 16.5. The summed E-state index contributed by atoms with van der Waals surface area (Å²) in [7, 11) is 0. The van der Waals surface area contributed by atoms with Gasteiger partial charge in [0, 0.05) is 12.4 Å². The van der Waals surface area contributed by atoms with E-state index in [9.17, 15) is 0 Å². The molecule has 2 aromatic rings. The fourth-order valence-corrected chi connectivity index (χ4v) is 2.20. The first-order valence-corrected chi connectivity index (χ1v) is 6.29. The average molecular weight is 240 g/mol. The van der Waals surface area contributed by atoms with Gasteiger partial charge in [0.2, 0.25) is 0 Å². The third kappa shape index (κ3) is 2.04. The second kappa shape index (κ2) is 4.69. The fraction of sp³-hybridized carbons (Fsp3) is 0.267. The fourth-order valence-electron chi connectivity index (χ4n) is 2.20. The number of benzene rings is 1. The van der Waals surface area contributed by atoms with E-state index in [0.717, 1.165) is 23.4 Å². The molecule has 1 atom stereocenters. The molecule has 92 valence electrons. The van der Waals surface area contributed by atoms with Gasteiger partial charge in [-0.2, -0.15) is 0 Å². The van der Waals surface area contributed by atoms with E-state index >= 15 is 0 Å². The lowest BCUT2D eigenvalue weighted by Gasteiger charge is -2.28. The first-order valence-electron chi connectivity index (χ1n) is 6.29. The van der Waals surface area contributed by atoms with Gasteiger partial charge in [0.1, 0.15) is 12.4 Å². The summed E-state index contributed by atoms with van der Waals surface area (Å²) in [4.78, 5) is 4.15. The molecular formula is C15H16N2O. The predicted octanol–water partition coefficient (Wildman–Crippen LogP) is 3.19. The standard InChI is InChI=1S/C15H16N2O/c1-2-11-5-6-15-13(8-11)17-14(10-18-15)12-4-3-7-16-9-12/h3-9,14,17H,2,10H2,1H3. The summed E-state index contributed by atoms with van der Waals surface area (Å²) >= 11 is 0. The molecule has 18 heavy (non-hydrogen) atoms. The summed E-state index contributed by atoms with van der Waals surface area (Å²) in [6.45, 7) is 2.80. The van der Waals surface area contributed by atoms with Crippen molar-refractivity contribution in [2.75, 3.05) is 11.9 Å². The highest BCUT2D eigenvalue weighted by molar-refractivity contribution is 5.60. The Morgan fingerprint density at radius 2 is 2.33 bits per heavy atom. The Morgan fingerprint density at radius 3 is 3.11 bits per heavy atom. The number of rotatable bonds is 2. The number of aryl methyl sites for hydroxylation is 1. The molecule has 3 rings (SSSR count). The van der Waals surface area contributed by atoms with Gasteiger partial charge in [-0.1, -0.05) is 19.1 Å². The minimum absolute atomic E-state index is 0.179. The van der Waals surface area contributed by atoms with Crippen molar-refractivity contribution < 1.29 is 4.74 Å². The van der Waals surface area contributed by atoms with E-state index in [1.165, 1.54) is 5.56 Å². The van der Waals surface area contributed by atoms with Crippen molar-refractivity contribution >= 4 is 5.69 Å². The van der Waals surface area contributed by atoms with Crippen LogP contribution in [0, 0.1) is 0 Å². The van der Waals surface area contributed by atoms with Crippen LogP contribution in [0.1, 0.15) is 24.1 Å². The topological polar surface area (TPSA) is 34.2 Å². The summed E-state index contributed by atoms with van der Waals surface area (Å²) in [5, 5.41) is 3.52. The summed E-state index contributed by atoms with van der Waals surface area (Å²) in [5.41, 5.74) is 3.55. The first kappa shape index (κ1) is 11.1. The van der Waals surface area contributed by atoms with E-state index in [0.29, 0.717) is 6.61 Å². The zero-order chi connectivity index (χ0) is 12.4. The van der Waals surface area contributed by atoms with E-state index in [1.807, 2.05) is 18.3 Å². The van der Waals surface area contributed by atoms with Crippen LogP contribution < -0.4 is 10.1 Å². The molecule has 3 nitrogen and oxygen atoms in total. The van der Waals surface area contributed by atoms with Crippen LogP contribution in [0.3, 0.4) is 0 Å². The van der Waals surface area contributed by atoms with Crippen molar-refractivity contribution in [1.29, 1.82) is 0 Å². The number of pyridine rings is 1. The number of ether oxygens (including phenoxy) is 1. The molecule has 0 fully saturated rings. The second-order valence-corrected chi connectivity index (χ2v) is 4.48. The summed E-state index contributed by atoms with van der Waals surface area (Å²) in [6.07, 6.45) is 4.71. The van der Waals surface area contributed by atoms with Gasteiger partial charge >= 0.3 is 0 Å². The highest BCUT2D eigenvalue weighted by Crippen LogP contribution is 2.34. The largest absolute Gasteiger partial charge is 0.489 e. The van der Waals surface area contributed by atoms with E-state index < -0.39 is 0 Å². The zero-order valence-electron chi connectivity index (χ0n) is 10.4. The van der Waals surface area contributed by atoms with Crippen molar-refractivity contribution in [3.05, 3.63) is 53.9 Å². The number of hydrogen-bond acceptors (Lipinski definition) is 3. The van der Waals surface area contributed by atoms with Crippen molar-refractivity contribution in [2.24, 2.45) is 0 Å². The predicted molar refractivity (Wildman–Crippen MR) is 71.9 cm³/mol. The molecule has 2 heterocycles. The van der Waals surface area contributed by atoms with Gasteiger partial charge in [0.15, 0.2) is 0 Å². The Balaban J connectivity index is 1.88. The molecule has 1 unspecified atom stereocenters. The Bertz CT molecular complexity index is 539. The maximum absolute atomic E-state index is 5.80. The molecule has 0 aliphatic carbocycles. The molecule has 3 heteroatoms. The normalized spacial score (nSPS) is 17.5. The van der Waals surface area contributed by atoms with E-state index in [4.69, 9.17) is 4.74 Å². The van der Waals surface area contributed by atoms with Gasteiger partial charge in [-0.05, 0) is 35.7 Å². The molecule has 1 N–H and O–H groups in total. The lowest BCUT2D eigenvalue weighted by atomic mass is 10.1. The molecular weight excluding hydrogens is 224 g/mol. The van der Waals surface area contributed by atoms with Crippen LogP contribution in [0.5, 0.6) is 5.75 Å². The number of hydrogen-bond donors (Lipinski definition) is 1. The van der Waals surface area contributed by atoms with E-state index in [2.05, 4.69) is 35.4 Å². The number of aromatic nitrogens is 1. The van der Waals surface area contributed by atoms with Gasteiger partial charge in [0.25, 0.3) is 0 Å². The minimum atomic E-state index is 0.179. The first-order chi connectivity index (χ1) is 8.86. The molecule has 0 saturated heterocycles. The van der Waals surface area contributed by atoms with Crippen LogP contribution in [-0.2, 0) is 6.42 Å². The molecule has 0 bridgehead atoms. The molecule has 1 aromatic carbocycles. The van der Waals surface area contributed by atoms with Crippen LogP contribution in [0.15, 0.2) is 42.7 Å². The summed E-state index contributed by atoms with van der Waals surface area (Å²) in [5.74, 6) is 0.937. The maximum Gasteiger partial charge on any atom is 0.142 e. The van der Waals surface area contributed by atoms with E-state index in [1.54, 1.807) is 6.20 Å². The third-order valence-electron chi connectivity index (χ3n) is 3.27. The zero-order valence-corrected chi connectivity index (χ0v) is 10.4. The Kier molecular flexibility index (Phi) is 2.89. The summed E-state index contributed by atoms with van der Waals surface area (Å²) < 4.78 is 5.80. The van der Waals surface area contributed by atoms with Gasteiger partial charge in [-0.25, -0.2) is 0 Å². The minimum Gasteiger partial charge on any atom is -0.489 e. The van der Waals surface area contributed by atoms with Crippen molar-refractivity contribution in [3.8, 4) is 5.75 Å². The number of fused-ring (bicyclic) bond motifs is 1. The lowest BCUT2D eigenvalue weighted by Crippen LogP contribution is -2.24. The molecule has 1 aliphatic rings. The van der Waals surface area contributed by atoms with Crippen LogP contribution >= 0.6 is 0 Å². The van der Waals surface area contributed by atoms with Crippen molar-refractivity contribution in [2.45, 2.75) is 19.4 Å². The Morgan fingerprint density at radius 1 is 1.39 bits per heavy atom. The molecule has 1 aliphatic heterocycles. The number of nitrogens with one attached hydrogen (secondary N) is 1. The van der Waals surface area contributed by atoms with Gasteiger partial charge in [0.05, 0.1) is 11.7 Å². The number of nitrogens with zero attached hydrogens (tertiary/aromatic N) is 1. The van der Waals surface area contributed by atoms with Crippen LogP contribution in [-0.4, -0.2) is 11.6 Å². The molecule has 0 spiro atoms. The van der Waals surface area contributed by atoms with Gasteiger partial charge in [-0.3, -0.25) is 4.98 Å². The van der Waals surface area contributed by atoms with Crippen molar-refractivity contribution in [3.63, 3.8) is 0 Å². The molecule has 1 aromatic heterocycles. The Labute approximate surface area is 107 Å². The third-order valence-corrected chi connectivity index (χ3v) is 3.27. The monoisotopic (exact) mass is 240 g/mol. The Hall–Kier alpha value is -2.03. The molecule has 0 radical (unpaired) electrons. The van der Waals surface area contributed by atoms with Crippen LogP contribution in [0.4, 0.5) is 5.69 Å². The average Bonchev–Trinajstić information content (AvgIpc) is 2.47. The second-order valence-electron chi connectivity index (χ2n) is 4.48. The molecule has 0 saturated carbocycles. The number of anilines is 1. The smallest absolute Gasteiger partial charge is 0.142 e. The molecule has 0 amide bonds.